The molecule has 1 fully saturated rings. The van der Waals surface area contributed by atoms with Crippen molar-refractivity contribution in [2.24, 2.45) is 5.92 Å². The van der Waals surface area contributed by atoms with Crippen molar-refractivity contribution in [3.8, 4) is 0 Å². The number of aromatic nitrogens is 2. The Morgan fingerprint density at radius 1 is 1.32 bits per heavy atom. The number of nitrogens with one attached hydrogen (secondary N) is 3. The van der Waals surface area contributed by atoms with Crippen molar-refractivity contribution >= 4 is 11.8 Å². The van der Waals surface area contributed by atoms with Crippen LogP contribution < -0.4 is 10.6 Å². The van der Waals surface area contributed by atoms with Crippen LogP contribution in [-0.4, -0.2) is 47.3 Å². The zero-order valence-electron chi connectivity index (χ0n) is 16.7. The summed E-state index contributed by atoms with van der Waals surface area (Å²) in [7, 11) is 0. The molecule has 0 saturated heterocycles. The molecule has 7 heteroatoms. The van der Waals surface area contributed by atoms with E-state index in [-0.39, 0.29) is 29.9 Å². The maximum absolute atomic E-state index is 12.7. The van der Waals surface area contributed by atoms with Crippen molar-refractivity contribution < 1.29 is 14.3 Å². The largest absolute Gasteiger partial charge is 0.376 e. The van der Waals surface area contributed by atoms with E-state index in [4.69, 9.17) is 4.74 Å². The molecule has 0 aliphatic heterocycles. The van der Waals surface area contributed by atoms with Crippen LogP contribution in [0.5, 0.6) is 0 Å². The van der Waals surface area contributed by atoms with E-state index in [1.165, 1.54) is 24.6 Å². The molecule has 3 atom stereocenters. The first kappa shape index (κ1) is 20.6. The molecule has 2 aliphatic rings. The number of ether oxygens (including phenoxy) is 1. The molecule has 3 N–H and O–H groups in total. The van der Waals surface area contributed by atoms with Gasteiger partial charge < -0.3 is 15.4 Å². The Morgan fingerprint density at radius 2 is 2.21 bits per heavy atom. The molecule has 3 rings (SSSR count). The van der Waals surface area contributed by atoms with Crippen molar-refractivity contribution in [3.05, 3.63) is 29.6 Å². The third-order valence-electron chi connectivity index (χ3n) is 5.65. The fourth-order valence-electron chi connectivity index (χ4n) is 4.04. The molecule has 1 aromatic heterocycles. The van der Waals surface area contributed by atoms with E-state index < -0.39 is 0 Å². The number of amides is 2. The molecule has 2 aliphatic carbocycles. The van der Waals surface area contributed by atoms with E-state index in [1.54, 1.807) is 6.20 Å². The predicted octanol–water partition coefficient (Wildman–Crippen LogP) is 2.72. The van der Waals surface area contributed by atoms with Crippen molar-refractivity contribution in [2.75, 3.05) is 13.2 Å². The lowest BCUT2D eigenvalue weighted by atomic mass is 9.82. The summed E-state index contributed by atoms with van der Waals surface area (Å²) in [6.45, 7) is 3.38. The van der Waals surface area contributed by atoms with Crippen LogP contribution in [0.4, 0.5) is 0 Å². The van der Waals surface area contributed by atoms with Crippen molar-refractivity contribution in [1.82, 2.24) is 20.8 Å². The van der Waals surface area contributed by atoms with Crippen LogP contribution >= 0.6 is 0 Å². The van der Waals surface area contributed by atoms with Gasteiger partial charge >= 0.3 is 0 Å². The van der Waals surface area contributed by atoms with Gasteiger partial charge in [-0.1, -0.05) is 18.6 Å². The van der Waals surface area contributed by atoms with E-state index in [9.17, 15) is 9.59 Å². The first-order chi connectivity index (χ1) is 13.7. The Morgan fingerprint density at radius 3 is 2.93 bits per heavy atom. The third-order valence-corrected chi connectivity index (χ3v) is 5.65. The molecule has 0 unspecified atom stereocenters. The van der Waals surface area contributed by atoms with Crippen LogP contribution in [0.15, 0.2) is 24.0 Å². The quantitative estimate of drug-likeness (QED) is 0.597. The number of allylic oxidation sites excluding steroid dienone is 1. The SMILES string of the molecule is CCCO[C@@H]1CC[C@H](C(=O)NCC2=CCCCC2)C[C@H]1NC(=O)c1cn[nH]c1. The average Bonchev–Trinajstić information content (AvgIpc) is 3.27. The fraction of sp³-hybridized carbons (Fsp3) is 0.667. The van der Waals surface area contributed by atoms with Gasteiger partial charge in [0.2, 0.25) is 5.91 Å². The highest BCUT2D eigenvalue weighted by atomic mass is 16.5. The molecular formula is C21H32N4O3. The van der Waals surface area contributed by atoms with E-state index in [2.05, 4.69) is 33.8 Å². The van der Waals surface area contributed by atoms with Crippen LogP contribution in [0.3, 0.4) is 0 Å². The van der Waals surface area contributed by atoms with Gasteiger partial charge in [-0.05, 0) is 51.4 Å². The molecule has 0 spiro atoms. The van der Waals surface area contributed by atoms with Crippen molar-refractivity contribution in [2.45, 2.75) is 70.4 Å². The zero-order chi connectivity index (χ0) is 19.8. The van der Waals surface area contributed by atoms with Gasteiger partial charge in [-0.2, -0.15) is 5.10 Å². The highest BCUT2D eigenvalue weighted by molar-refractivity contribution is 5.93. The van der Waals surface area contributed by atoms with Gasteiger partial charge in [0.25, 0.3) is 5.91 Å². The number of carbonyl (C=O) groups is 2. The van der Waals surface area contributed by atoms with Crippen molar-refractivity contribution in [3.63, 3.8) is 0 Å². The Bertz CT molecular complexity index is 671. The summed E-state index contributed by atoms with van der Waals surface area (Å²) >= 11 is 0. The summed E-state index contributed by atoms with van der Waals surface area (Å²) in [5, 5.41) is 12.6. The van der Waals surface area contributed by atoms with E-state index >= 15 is 0 Å². The smallest absolute Gasteiger partial charge is 0.254 e. The minimum atomic E-state index is -0.183. The van der Waals surface area contributed by atoms with E-state index in [0.29, 0.717) is 25.1 Å². The summed E-state index contributed by atoms with van der Waals surface area (Å²) in [4.78, 5) is 25.2. The molecule has 1 saturated carbocycles. The Kier molecular flexibility index (Phi) is 7.65. The predicted molar refractivity (Wildman–Crippen MR) is 107 cm³/mol. The topological polar surface area (TPSA) is 96.1 Å². The second kappa shape index (κ2) is 10.4. The summed E-state index contributed by atoms with van der Waals surface area (Å²) < 4.78 is 5.97. The first-order valence-electron chi connectivity index (χ1n) is 10.5. The van der Waals surface area contributed by atoms with Gasteiger partial charge in [0.05, 0.1) is 23.9 Å². The monoisotopic (exact) mass is 388 g/mol. The molecule has 154 valence electrons. The lowest BCUT2D eigenvalue weighted by Gasteiger charge is -2.36. The number of rotatable bonds is 8. The Labute approximate surface area is 166 Å². The second-order valence-corrected chi connectivity index (χ2v) is 7.81. The number of aromatic amines is 1. The zero-order valence-corrected chi connectivity index (χ0v) is 16.7. The summed E-state index contributed by atoms with van der Waals surface area (Å²) in [5.41, 5.74) is 1.83. The molecule has 0 radical (unpaired) electrons. The Balaban J connectivity index is 1.57. The molecule has 1 heterocycles. The average molecular weight is 389 g/mol. The molecule has 7 nitrogen and oxygen atoms in total. The maximum Gasteiger partial charge on any atom is 0.254 e. The lowest BCUT2D eigenvalue weighted by molar-refractivity contribution is -0.127. The molecule has 1 aromatic rings. The van der Waals surface area contributed by atoms with Crippen LogP contribution in [0.25, 0.3) is 0 Å². The standard InChI is InChI=1S/C21H32N4O3/c1-2-10-28-19-9-8-16(20(26)22-12-15-6-4-3-5-7-15)11-18(19)25-21(27)17-13-23-24-14-17/h6,13-14,16,18-19H,2-5,7-12H2,1H3,(H,22,26)(H,23,24)(H,25,27)/t16-,18+,19+/m0/s1. The number of nitrogens with zero attached hydrogens (tertiary/aromatic N) is 1. The normalized spacial score (nSPS) is 25.0. The summed E-state index contributed by atoms with van der Waals surface area (Å²) in [6.07, 6.45) is 13.0. The molecule has 28 heavy (non-hydrogen) atoms. The number of hydrogen-bond acceptors (Lipinski definition) is 4. The van der Waals surface area contributed by atoms with Gasteiger partial charge in [-0.25, -0.2) is 0 Å². The lowest BCUT2D eigenvalue weighted by Crippen LogP contribution is -2.50. The molecule has 0 aromatic carbocycles. The first-order valence-corrected chi connectivity index (χ1v) is 10.5. The van der Waals surface area contributed by atoms with Gasteiger partial charge in [-0.3, -0.25) is 14.7 Å². The van der Waals surface area contributed by atoms with Crippen LogP contribution in [0.1, 0.15) is 68.6 Å². The number of hydrogen-bond donors (Lipinski definition) is 3. The minimum Gasteiger partial charge on any atom is -0.376 e. The van der Waals surface area contributed by atoms with Crippen LogP contribution in [0, 0.1) is 5.92 Å². The molecular weight excluding hydrogens is 356 g/mol. The van der Waals surface area contributed by atoms with Crippen LogP contribution in [-0.2, 0) is 9.53 Å². The highest BCUT2D eigenvalue weighted by Crippen LogP contribution is 2.28. The minimum absolute atomic E-state index is 0.0547. The summed E-state index contributed by atoms with van der Waals surface area (Å²) in [5.74, 6) is -0.194. The number of H-pyrrole nitrogens is 1. The van der Waals surface area contributed by atoms with Crippen molar-refractivity contribution in [1.29, 1.82) is 0 Å². The third kappa shape index (κ3) is 5.67. The molecule has 0 bridgehead atoms. The van der Waals surface area contributed by atoms with Crippen LogP contribution in [0.2, 0.25) is 0 Å². The number of carbonyl (C=O) groups excluding carboxylic acids is 2. The highest BCUT2D eigenvalue weighted by Gasteiger charge is 2.35. The maximum atomic E-state index is 12.7. The van der Waals surface area contributed by atoms with Gasteiger partial charge in [0, 0.05) is 25.3 Å². The fourth-order valence-corrected chi connectivity index (χ4v) is 4.04. The van der Waals surface area contributed by atoms with Gasteiger partial charge in [-0.15, -0.1) is 0 Å². The molecule has 2 amide bonds. The summed E-state index contributed by atoms with van der Waals surface area (Å²) in [6, 6.07) is -0.174. The Hall–Kier alpha value is -2.15. The van der Waals surface area contributed by atoms with Gasteiger partial charge in [0.15, 0.2) is 0 Å². The van der Waals surface area contributed by atoms with Gasteiger partial charge in [0.1, 0.15) is 0 Å². The van der Waals surface area contributed by atoms with E-state index in [1.807, 2.05) is 0 Å². The van der Waals surface area contributed by atoms with E-state index in [0.717, 1.165) is 32.1 Å². The second-order valence-electron chi connectivity index (χ2n) is 7.81.